The molecule has 0 amide bonds. The minimum absolute atomic E-state index is 0.114. The molecule has 0 aromatic carbocycles. The highest BCUT2D eigenvalue weighted by molar-refractivity contribution is 6.36. The second-order valence-corrected chi connectivity index (χ2v) is 4.30. The number of hydrogen-bond donors (Lipinski definition) is 1. The SMILES string of the molecule is CCOC(=O)/C(C[C@@H]1CCC[C@H]2O[C@@H]12)=N/O. The quantitative estimate of drug-likeness (QED) is 0.258. The van der Waals surface area contributed by atoms with E-state index in [0.717, 1.165) is 19.3 Å². The summed E-state index contributed by atoms with van der Waals surface area (Å²) in [6.45, 7) is 2.03. The van der Waals surface area contributed by atoms with Crippen molar-refractivity contribution in [2.75, 3.05) is 6.61 Å². The van der Waals surface area contributed by atoms with Crippen LogP contribution in [0.1, 0.15) is 32.6 Å². The van der Waals surface area contributed by atoms with Gasteiger partial charge in [0.2, 0.25) is 0 Å². The van der Waals surface area contributed by atoms with Gasteiger partial charge >= 0.3 is 5.97 Å². The Bertz CT molecular complexity index is 302. The smallest absolute Gasteiger partial charge is 0.356 e. The zero-order valence-corrected chi connectivity index (χ0v) is 9.39. The number of esters is 1. The average Bonchev–Trinajstić information content (AvgIpc) is 3.05. The summed E-state index contributed by atoms with van der Waals surface area (Å²) in [6, 6.07) is 0. The van der Waals surface area contributed by atoms with Gasteiger partial charge in [0.05, 0.1) is 18.8 Å². The number of ether oxygens (including phenoxy) is 2. The van der Waals surface area contributed by atoms with Gasteiger partial charge in [0, 0.05) is 6.42 Å². The normalized spacial score (nSPS) is 33.1. The molecule has 1 aliphatic heterocycles. The van der Waals surface area contributed by atoms with Crippen LogP contribution in [0.5, 0.6) is 0 Å². The first-order valence-electron chi connectivity index (χ1n) is 5.79. The van der Waals surface area contributed by atoms with Crippen LogP contribution in [-0.4, -0.2) is 35.7 Å². The summed E-state index contributed by atoms with van der Waals surface area (Å²) in [4.78, 5) is 11.4. The van der Waals surface area contributed by atoms with Gasteiger partial charge in [-0.2, -0.15) is 0 Å². The summed E-state index contributed by atoms with van der Waals surface area (Å²) in [6.07, 6.45) is 4.36. The summed E-state index contributed by atoms with van der Waals surface area (Å²) in [5.74, 6) is -0.221. The number of rotatable bonds is 4. The Morgan fingerprint density at radius 3 is 3.06 bits per heavy atom. The van der Waals surface area contributed by atoms with E-state index >= 15 is 0 Å². The van der Waals surface area contributed by atoms with Crippen molar-refractivity contribution in [2.45, 2.75) is 44.8 Å². The van der Waals surface area contributed by atoms with E-state index in [1.807, 2.05) is 0 Å². The molecular formula is C11H17NO4. The molecule has 0 aromatic heterocycles. The number of epoxide rings is 1. The number of nitrogens with zero attached hydrogens (tertiary/aromatic N) is 1. The van der Waals surface area contributed by atoms with Crippen LogP contribution in [0.4, 0.5) is 0 Å². The van der Waals surface area contributed by atoms with E-state index in [0.29, 0.717) is 25.0 Å². The molecule has 0 radical (unpaired) electrons. The second kappa shape index (κ2) is 4.82. The topological polar surface area (TPSA) is 71.4 Å². The predicted octanol–water partition coefficient (Wildman–Crippen LogP) is 1.34. The molecule has 5 nitrogen and oxygen atoms in total. The Balaban J connectivity index is 1.89. The molecule has 1 aliphatic carbocycles. The van der Waals surface area contributed by atoms with Gasteiger partial charge in [-0.25, -0.2) is 4.79 Å². The lowest BCUT2D eigenvalue weighted by Gasteiger charge is -2.17. The van der Waals surface area contributed by atoms with Crippen molar-refractivity contribution >= 4 is 11.7 Å². The monoisotopic (exact) mass is 227 g/mol. The Labute approximate surface area is 94.4 Å². The Hall–Kier alpha value is -1.10. The highest BCUT2D eigenvalue weighted by atomic mass is 16.6. The van der Waals surface area contributed by atoms with Crippen LogP contribution < -0.4 is 0 Å². The Kier molecular flexibility index (Phi) is 3.43. The van der Waals surface area contributed by atoms with E-state index < -0.39 is 5.97 Å². The number of fused-ring (bicyclic) bond motifs is 1. The summed E-state index contributed by atoms with van der Waals surface area (Å²) >= 11 is 0. The lowest BCUT2D eigenvalue weighted by Crippen LogP contribution is -2.25. The van der Waals surface area contributed by atoms with Gasteiger partial charge in [0.25, 0.3) is 0 Å². The zero-order chi connectivity index (χ0) is 11.5. The van der Waals surface area contributed by atoms with E-state index in [9.17, 15) is 4.79 Å². The number of oxime groups is 1. The van der Waals surface area contributed by atoms with Gasteiger partial charge in [-0.05, 0) is 25.7 Å². The molecule has 0 unspecified atom stereocenters. The maximum atomic E-state index is 11.4. The van der Waals surface area contributed by atoms with E-state index in [-0.39, 0.29) is 11.8 Å². The minimum atomic E-state index is -0.521. The third-order valence-corrected chi connectivity index (χ3v) is 3.24. The molecule has 3 atom stereocenters. The molecular weight excluding hydrogens is 210 g/mol. The second-order valence-electron chi connectivity index (χ2n) is 4.30. The van der Waals surface area contributed by atoms with Gasteiger partial charge in [-0.15, -0.1) is 0 Å². The largest absolute Gasteiger partial charge is 0.461 e. The van der Waals surface area contributed by atoms with Gasteiger partial charge in [0.1, 0.15) is 0 Å². The molecule has 5 heteroatoms. The van der Waals surface area contributed by atoms with Crippen molar-refractivity contribution in [2.24, 2.45) is 11.1 Å². The zero-order valence-electron chi connectivity index (χ0n) is 9.39. The van der Waals surface area contributed by atoms with Crippen molar-refractivity contribution in [1.29, 1.82) is 0 Å². The molecule has 90 valence electrons. The van der Waals surface area contributed by atoms with Gasteiger partial charge in [-0.1, -0.05) is 11.6 Å². The van der Waals surface area contributed by atoms with Gasteiger partial charge in [-0.3, -0.25) is 0 Å². The van der Waals surface area contributed by atoms with Gasteiger partial charge in [0.15, 0.2) is 5.71 Å². The predicted molar refractivity (Wildman–Crippen MR) is 56.5 cm³/mol. The third-order valence-electron chi connectivity index (χ3n) is 3.24. The van der Waals surface area contributed by atoms with Crippen molar-refractivity contribution in [1.82, 2.24) is 0 Å². The first-order valence-corrected chi connectivity index (χ1v) is 5.79. The fraction of sp³-hybridized carbons (Fsp3) is 0.818. The molecule has 16 heavy (non-hydrogen) atoms. The molecule has 1 N–H and O–H groups in total. The number of carbonyl (C=O) groups is 1. The van der Waals surface area contributed by atoms with Crippen LogP contribution >= 0.6 is 0 Å². The lowest BCUT2D eigenvalue weighted by molar-refractivity contribution is -0.135. The van der Waals surface area contributed by atoms with Crippen molar-refractivity contribution < 1.29 is 19.5 Å². The molecule has 1 saturated carbocycles. The fourth-order valence-corrected chi connectivity index (χ4v) is 2.39. The van der Waals surface area contributed by atoms with Crippen LogP contribution in [0.3, 0.4) is 0 Å². The summed E-state index contributed by atoms with van der Waals surface area (Å²) in [5.41, 5.74) is 0.114. The Morgan fingerprint density at radius 2 is 2.38 bits per heavy atom. The molecule has 0 aromatic rings. The van der Waals surface area contributed by atoms with Crippen molar-refractivity contribution in [3.8, 4) is 0 Å². The maximum Gasteiger partial charge on any atom is 0.356 e. The lowest BCUT2D eigenvalue weighted by atomic mass is 9.85. The maximum absolute atomic E-state index is 11.4. The molecule has 1 heterocycles. The van der Waals surface area contributed by atoms with E-state index in [4.69, 9.17) is 14.7 Å². The van der Waals surface area contributed by atoms with Crippen LogP contribution in [0.15, 0.2) is 5.16 Å². The summed E-state index contributed by atoms with van der Waals surface area (Å²) < 4.78 is 10.3. The third kappa shape index (κ3) is 2.35. The van der Waals surface area contributed by atoms with Crippen LogP contribution in [0.2, 0.25) is 0 Å². The standard InChI is InChI=1S/C11H17NO4/c1-2-15-11(13)8(12-14)6-7-4-3-5-9-10(7)16-9/h7,9-10,14H,2-6H2,1H3/b12-8+/t7-,9+,10-/m0/s1. The average molecular weight is 227 g/mol. The van der Waals surface area contributed by atoms with Gasteiger partial charge < -0.3 is 14.7 Å². The first kappa shape index (κ1) is 11.4. The number of hydrogen-bond acceptors (Lipinski definition) is 5. The molecule has 1 saturated heterocycles. The number of carbonyl (C=O) groups excluding carboxylic acids is 1. The van der Waals surface area contributed by atoms with E-state index in [1.54, 1.807) is 6.92 Å². The van der Waals surface area contributed by atoms with Crippen molar-refractivity contribution in [3.05, 3.63) is 0 Å². The van der Waals surface area contributed by atoms with E-state index in [2.05, 4.69) is 5.16 Å². The van der Waals surface area contributed by atoms with Crippen LogP contribution in [0, 0.1) is 5.92 Å². The highest BCUT2D eigenvalue weighted by Crippen LogP contribution is 2.42. The fourth-order valence-electron chi connectivity index (χ4n) is 2.39. The minimum Gasteiger partial charge on any atom is -0.461 e. The molecule has 2 fully saturated rings. The summed E-state index contributed by atoms with van der Waals surface area (Å²) in [7, 11) is 0. The van der Waals surface area contributed by atoms with Crippen LogP contribution in [-0.2, 0) is 14.3 Å². The van der Waals surface area contributed by atoms with Crippen LogP contribution in [0.25, 0.3) is 0 Å². The molecule has 2 aliphatic rings. The van der Waals surface area contributed by atoms with E-state index in [1.165, 1.54) is 0 Å². The molecule has 0 spiro atoms. The molecule has 2 rings (SSSR count). The highest BCUT2D eigenvalue weighted by Gasteiger charge is 2.47. The molecule has 0 bridgehead atoms. The van der Waals surface area contributed by atoms with Crippen molar-refractivity contribution in [3.63, 3.8) is 0 Å². The summed E-state index contributed by atoms with van der Waals surface area (Å²) in [5, 5.41) is 11.8. The first-order chi connectivity index (χ1) is 7.76. The Morgan fingerprint density at radius 1 is 1.56 bits per heavy atom.